The van der Waals surface area contributed by atoms with Crippen molar-refractivity contribution in [1.82, 2.24) is 4.68 Å². The number of aromatic nitrogens is 1. The highest BCUT2D eigenvalue weighted by Gasteiger charge is 2.21. The van der Waals surface area contributed by atoms with Gasteiger partial charge < -0.3 is 0 Å². The van der Waals surface area contributed by atoms with E-state index in [2.05, 4.69) is 4.72 Å². The van der Waals surface area contributed by atoms with Crippen LogP contribution in [0.1, 0.15) is 23.7 Å². The Morgan fingerprint density at radius 1 is 1.06 bits per heavy atom. The Bertz CT molecular complexity index is 1310. The summed E-state index contributed by atoms with van der Waals surface area (Å²) < 4.78 is 28.7. The standard InChI is InChI=1S/C22H21Cl2N3O4S/c1-15-8-11-21(25-32(30,31)14-17-6-4-3-5-7-17)22(29)27(15)26(16(2)28)13-18-12-19(23)9-10-20(18)24/h3-12,25H,13-14H2,1-2H3. The van der Waals surface area contributed by atoms with E-state index < -0.39 is 21.5 Å². The number of carbonyl (C=O) groups is 1. The van der Waals surface area contributed by atoms with Crippen molar-refractivity contribution in [2.75, 3.05) is 9.73 Å². The van der Waals surface area contributed by atoms with E-state index in [0.717, 1.165) is 4.68 Å². The molecule has 0 atom stereocenters. The Kier molecular flexibility index (Phi) is 7.28. The third-order valence-corrected chi connectivity index (χ3v) is 6.49. The second kappa shape index (κ2) is 9.77. The smallest absolute Gasteiger partial charge is 0.278 e. The zero-order valence-corrected chi connectivity index (χ0v) is 19.7. The second-order valence-electron chi connectivity index (χ2n) is 7.16. The Morgan fingerprint density at radius 2 is 1.75 bits per heavy atom. The second-order valence-corrected chi connectivity index (χ2v) is 9.73. The maximum Gasteiger partial charge on any atom is 0.293 e. The molecule has 3 aromatic rings. The van der Waals surface area contributed by atoms with E-state index in [1.165, 1.54) is 18.0 Å². The number of rotatable bonds is 7. The lowest BCUT2D eigenvalue weighted by atomic mass is 10.2. The van der Waals surface area contributed by atoms with Crippen LogP contribution in [0.15, 0.2) is 65.5 Å². The first-order chi connectivity index (χ1) is 15.1. The fraction of sp³-hybridized carbons (Fsp3) is 0.182. The van der Waals surface area contributed by atoms with E-state index >= 15 is 0 Å². The molecule has 1 aromatic heterocycles. The van der Waals surface area contributed by atoms with Crippen molar-refractivity contribution in [3.05, 3.63) is 97.9 Å². The number of amides is 1. The number of halogens is 2. The number of sulfonamides is 1. The molecule has 0 fully saturated rings. The number of aryl methyl sites for hydroxylation is 1. The predicted octanol–water partition coefficient (Wildman–Crippen LogP) is 4.09. The van der Waals surface area contributed by atoms with Crippen LogP contribution in [0.5, 0.6) is 0 Å². The monoisotopic (exact) mass is 493 g/mol. The summed E-state index contributed by atoms with van der Waals surface area (Å²) in [7, 11) is -3.86. The molecule has 3 rings (SSSR count). The van der Waals surface area contributed by atoms with Crippen LogP contribution in [0.4, 0.5) is 5.69 Å². The van der Waals surface area contributed by atoms with Crippen molar-refractivity contribution in [2.45, 2.75) is 26.1 Å². The Morgan fingerprint density at radius 3 is 2.41 bits per heavy atom. The summed E-state index contributed by atoms with van der Waals surface area (Å²) in [5.74, 6) is -0.731. The van der Waals surface area contributed by atoms with Crippen LogP contribution >= 0.6 is 23.2 Å². The number of nitrogens with zero attached hydrogens (tertiary/aromatic N) is 2. The van der Waals surface area contributed by atoms with Crippen LogP contribution in [0.3, 0.4) is 0 Å². The Labute approximate surface area is 196 Å². The highest BCUT2D eigenvalue weighted by molar-refractivity contribution is 7.91. The molecule has 0 aliphatic carbocycles. The van der Waals surface area contributed by atoms with Gasteiger partial charge in [-0.1, -0.05) is 53.5 Å². The SMILES string of the molecule is CC(=O)N(Cc1cc(Cl)ccc1Cl)n1c(C)ccc(NS(=O)(=O)Cc2ccccc2)c1=O. The van der Waals surface area contributed by atoms with Gasteiger partial charge in [0.1, 0.15) is 5.69 Å². The van der Waals surface area contributed by atoms with Gasteiger partial charge in [0.2, 0.25) is 15.9 Å². The largest absolute Gasteiger partial charge is 0.293 e. The van der Waals surface area contributed by atoms with Gasteiger partial charge in [-0.15, -0.1) is 0 Å². The maximum atomic E-state index is 13.2. The lowest BCUT2D eigenvalue weighted by Gasteiger charge is -2.26. The number of benzene rings is 2. The molecule has 0 saturated carbocycles. The lowest BCUT2D eigenvalue weighted by molar-refractivity contribution is -0.118. The number of nitrogens with one attached hydrogen (secondary N) is 1. The quantitative estimate of drug-likeness (QED) is 0.536. The van der Waals surface area contributed by atoms with Gasteiger partial charge in [-0.25, -0.2) is 18.1 Å². The van der Waals surface area contributed by atoms with Crippen molar-refractivity contribution in [3.8, 4) is 0 Å². The van der Waals surface area contributed by atoms with Crippen LogP contribution in [-0.2, 0) is 27.1 Å². The summed E-state index contributed by atoms with van der Waals surface area (Å²) >= 11 is 12.3. The van der Waals surface area contributed by atoms with Crippen LogP contribution in [0.2, 0.25) is 10.0 Å². The molecule has 1 N–H and O–H groups in total. The fourth-order valence-electron chi connectivity index (χ4n) is 3.14. The first-order valence-corrected chi connectivity index (χ1v) is 12.0. The van der Waals surface area contributed by atoms with E-state index in [1.807, 2.05) is 0 Å². The highest BCUT2D eigenvalue weighted by Crippen LogP contribution is 2.22. The molecule has 10 heteroatoms. The minimum absolute atomic E-state index is 0.0321. The number of hydrogen-bond acceptors (Lipinski definition) is 4. The molecule has 0 bridgehead atoms. The minimum atomic E-state index is -3.86. The van der Waals surface area contributed by atoms with Crippen molar-refractivity contribution in [2.24, 2.45) is 0 Å². The van der Waals surface area contributed by atoms with E-state index in [-0.39, 0.29) is 18.0 Å². The molecule has 0 radical (unpaired) electrons. The van der Waals surface area contributed by atoms with Gasteiger partial charge in [0.05, 0.1) is 12.3 Å². The number of hydrogen-bond donors (Lipinski definition) is 1. The lowest BCUT2D eigenvalue weighted by Crippen LogP contribution is -2.46. The maximum absolute atomic E-state index is 13.2. The van der Waals surface area contributed by atoms with Crippen molar-refractivity contribution >= 4 is 44.8 Å². The van der Waals surface area contributed by atoms with Crippen molar-refractivity contribution in [1.29, 1.82) is 0 Å². The minimum Gasteiger partial charge on any atom is -0.278 e. The van der Waals surface area contributed by atoms with Crippen molar-refractivity contribution in [3.63, 3.8) is 0 Å². The summed E-state index contributed by atoms with van der Waals surface area (Å²) in [6.45, 7) is 2.91. The Hall–Kier alpha value is -2.81. The van der Waals surface area contributed by atoms with Crippen LogP contribution in [0, 0.1) is 6.92 Å². The third-order valence-electron chi connectivity index (χ3n) is 4.65. The molecule has 1 amide bonds. The molecule has 1 heterocycles. The van der Waals surface area contributed by atoms with E-state index in [9.17, 15) is 18.0 Å². The molecule has 0 spiro atoms. The molecular weight excluding hydrogens is 473 g/mol. The molecule has 7 nitrogen and oxygen atoms in total. The summed E-state index contributed by atoms with van der Waals surface area (Å²) in [6, 6.07) is 16.4. The topological polar surface area (TPSA) is 88.5 Å². The highest BCUT2D eigenvalue weighted by atomic mass is 35.5. The van der Waals surface area contributed by atoms with Gasteiger partial charge >= 0.3 is 0 Å². The van der Waals surface area contributed by atoms with E-state index in [4.69, 9.17) is 23.2 Å². The molecule has 0 unspecified atom stereocenters. The van der Waals surface area contributed by atoms with Gasteiger partial charge in [0.25, 0.3) is 5.56 Å². The summed E-state index contributed by atoms with van der Waals surface area (Å²) in [5, 5.41) is 2.00. The molecular formula is C22H21Cl2N3O4S. The molecule has 2 aromatic carbocycles. The van der Waals surface area contributed by atoms with Crippen LogP contribution in [-0.4, -0.2) is 19.0 Å². The summed E-state index contributed by atoms with van der Waals surface area (Å²) in [5.41, 5.74) is 0.698. The fourth-order valence-corrected chi connectivity index (χ4v) is 4.71. The van der Waals surface area contributed by atoms with E-state index in [1.54, 1.807) is 61.5 Å². The molecule has 0 aliphatic rings. The summed E-state index contributed by atoms with van der Waals surface area (Å²) in [4.78, 5) is 25.6. The molecule has 32 heavy (non-hydrogen) atoms. The first-order valence-electron chi connectivity index (χ1n) is 9.57. The number of pyridine rings is 1. The number of anilines is 1. The van der Waals surface area contributed by atoms with Gasteiger partial charge in [0, 0.05) is 22.7 Å². The number of carbonyl (C=O) groups excluding carboxylic acids is 1. The molecule has 0 saturated heterocycles. The first kappa shape index (κ1) is 23.8. The van der Waals surface area contributed by atoms with Gasteiger partial charge in [-0.05, 0) is 48.4 Å². The van der Waals surface area contributed by atoms with Gasteiger partial charge in [-0.2, -0.15) is 0 Å². The molecule has 168 valence electrons. The predicted molar refractivity (Wildman–Crippen MR) is 127 cm³/mol. The third kappa shape index (κ3) is 5.70. The zero-order chi connectivity index (χ0) is 23.5. The average molecular weight is 494 g/mol. The Balaban J connectivity index is 1.97. The van der Waals surface area contributed by atoms with E-state index in [0.29, 0.717) is 26.9 Å². The molecule has 0 aliphatic heterocycles. The van der Waals surface area contributed by atoms with Gasteiger partial charge in [0.15, 0.2) is 0 Å². The zero-order valence-electron chi connectivity index (χ0n) is 17.4. The normalized spacial score (nSPS) is 11.2. The van der Waals surface area contributed by atoms with Crippen molar-refractivity contribution < 1.29 is 13.2 Å². The van der Waals surface area contributed by atoms with Gasteiger partial charge in [-0.3, -0.25) is 14.3 Å². The van der Waals surface area contributed by atoms with Crippen LogP contribution < -0.4 is 15.3 Å². The van der Waals surface area contributed by atoms with Crippen LogP contribution in [0.25, 0.3) is 0 Å². The summed E-state index contributed by atoms with van der Waals surface area (Å²) in [6.07, 6.45) is 0. The average Bonchev–Trinajstić information content (AvgIpc) is 2.72.